The van der Waals surface area contributed by atoms with Gasteiger partial charge >= 0.3 is 6.03 Å². The van der Waals surface area contributed by atoms with Gasteiger partial charge in [-0.3, -0.25) is 0 Å². The second-order valence-electron chi connectivity index (χ2n) is 6.74. The molecule has 6 nitrogen and oxygen atoms in total. The molecule has 0 unspecified atom stereocenters. The van der Waals surface area contributed by atoms with Crippen molar-refractivity contribution >= 4 is 11.7 Å². The van der Waals surface area contributed by atoms with Crippen LogP contribution >= 0.6 is 0 Å². The van der Waals surface area contributed by atoms with Crippen LogP contribution in [0.4, 0.5) is 10.5 Å². The first kappa shape index (κ1) is 20.7. The van der Waals surface area contributed by atoms with Crippen LogP contribution < -0.4 is 10.1 Å². The molecule has 0 saturated heterocycles. The molecule has 0 aliphatic heterocycles. The molecule has 0 aliphatic carbocycles. The maximum Gasteiger partial charge on any atom is 0.322 e. The zero-order valence-corrected chi connectivity index (χ0v) is 16.7. The zero-order valence-electron chi connectivity index (χ0n) is 16.7. The van der Waals surface area contributed by atoms with Crippen molar-refractivity contribution in [1.82, 2.24) is 4.90 Å². The molecular weight excluding hydrogens is 378 g/mol. The molecule has 0 radical (unpaired) electrons. The van der Waals surface area contributed by atoms with Gasteiger partial charge in [0, 0.05) is 17.8 Å². The molecule has 2 amide bonds. The third-order valence-electron chi connectivity index (χ3n) is 4.46. The summed E-state index contributed by atoms with van der Waals surface area (Å²) in [5, 5.41) is 21.7. The number of amides is 2. The molecule has 3 aromatic carbocycles. The molecular formula is C24H23N3O3. The summed E-state index contributed by atoms with van der Waals surface area (Å²) >= 11 is 0. The quantitative estimate of drug-likeness (QED) is 0.547. The highest BCUT2D eigenvalue weighted by molar-refractivity contribution is 5.89. The highest BCUT2D eigenvalue weighted by Crippen LogP contribution is 2.24. The lowest BCUT2D eigenvalue weighted by molar-refractivity contribution is 0.208. The van der Waals surface area contributed by atoms with Crippen LogP contribution in [0, 0.1) is 11.3 Å². The summed E-state index contributed by atoms with van der Waals surface area (Å²) in [6.45, 7) is 2.90. The molecule has 0 saturated carbocycles. The van der Waals surface area contributed by atoms with Gasteiger partial charge in [0.15, 0.2) is 0 Å². The lowest BCUT2D eigenvalue weighted by Crippen LogP contribution is -2.35. The fourth-order valence-electron chi connectivity index (χ4n) is 2.91. The standard InChI is InChI=1S/C24H23N3O3/c1-2-15-27(17-19-5-3-4-6-23(19)28)24(29)26-20-9-13-22(14-10-20)30-21-11-7-18(16-25)8-12-21/h3-14,28H,2,15,17H2,1H3,(H,26,29). The van der Waals surface area contributed by atoms with E-state index < -0.39 is 0 Å². The number of benzene rings is 3. The second-order valence-corrected chi connectivity index (χ2v) is 6.74. The molecule has 0 spiro atoms. The summed E-state index contributed by atoms with van der Waals surface area (Å²) in [7, 11) is 0. The van der Waals surface area contributed by atoms with E-state index in [9.17, 15) is 9.90 Å². The number of hydrogen-bond donors (Lipinski definition) is 2. The minimum Gasteiger partial charge on any atom is -0.508 e. The number of nitrogens with one attached hydrogen (secondary N) is 1. The average Bonchev–Trinajstić information content (AvgIpc) is 2.77. The van der Waals surface area contributed by atoms with Gasteiger partial charge in [-0.25, -0.2) is 4.79 Å². The van der Waals surface area contributed by atoms with Crippen LogP contribution in [0.1, 0.15) is 24.5 Å². The van der Waals surface area contributed by atoms with Gasteiger partial charge in [0.25, 0.3) is 0 Å². The number of rotatable bonds is 7. The number of aromatic hydroxyl groups is 1. The van der Waals surface area contributed by atoms with E-state index in [0.717, 1.165) is 6.42 Å². The fourth-order valence-corrected chi connectivity index (χ4v) is 2.91. The molecule has 0 bridgehead atoms. The number of anilines is 1. The summed E-state index contributed by atoms with van der Waals surface area (Å²) in [5.74, 6) is 1.43. The number of ether oxygens (including phenoxy) is 1. The van der Waals surface area contributed by atoms with Crippen LogP contribution in [-0.4, -0.2) is 22.6 Å². The van der Waals surface area contributed by atoms with Gasteiger partial charge in [-0.05, 0) is 61.0 Å². The van der Waals surface area contributed by atoms with Crippen molar-refractivity contribution in [3.8, 4) is 23.3 Å². The van der Waals surface area contributed by atoms with Gasteiger partial charge in [0.1, 0.15) is 17.2 Å². The molecule has 6 heteroatoms. The van der Waals surface area contributed by atoms with Crippen molar-refractivity contribution in [2.75, 3.05) is 11.9 Å². The van der Waals surface area contributed by atoms with Crippen molar-refractivity contribution in [3.63, 3.8) is 0 Å². The Morgan fingerprint density at radius 1 is 1.03 bits per heavy atom. The third-order valence-corrected chi connectivity index (χ3v) is 4.46. The third kappa shape index (κ3) is 5.52. The van der Waals surface area contributed by atoms with Gasteiger partial charge in [-0.15, -0.1) is 0 Å². The highest BCUT2D eigenvalue weighted by atomic mass is 16.5. The predicted octanol–water partition coefficient (Wildman–Crippen LogP) is 5.50. The number of nitriles is 1. The smallest absolute Gasteiger partial charge is 0.322 e. The van der Waals surface area contributed by atoms with Gasteiger partial charge in [0.2, 0.25) is 0 Å². The van der Waals surface area contributed by atoms with E-state index in [2.05, 4.69) is 11.4 Å². The summed E-state index contributed by atoms with van der Waals surface area (Å²) in [5.41, 5.74) is 1.92. The van der Waals surface area contributed by atoms with Crippen LogP contribution in [0.5, 0.6) is 17.2 Å². The lowest BCUT2D eigenvalue weighted by atomic mass is 10.2. The molecule has 0 aliphatic rings. The van der Waals surface area contributed by atoms with Gasteiger partial charge < -0.3 is 20.1 Å². The first-order chi connectivity index (χ1) is 14.6. The number of carbonyl (C=O) groups excluding carboxylic acids is 1. The second kappa shape index (κ2) is 9.99. The normalized spacial score (nSPS) is 10.1. The van der Waals surface area contributed by atoms with Crippen LogP contribution in [0.2, 0.25) is 0 Å². The molecule has 0 fully saturated rings. The van der Waals surface area contributed by atoms with Crippen LogP contribution in [0.15, 0.2) is 72.8 Å². The Bertz CT molecular complexity index is 1020. The van der Waals surface area contributed by atoms with E-state index in [1.54, 1.807) is 71.6 Å². The fraction of sp³-hybridized carbons (Fsp3) is 0.167. The van der Waals surface area contributed by atoms with Crippen LogP contribution in [0.3, 0.4) is 0 Å². The molecule has 30 heavy (non-hydrogen) atoms. The monoisotopic (exact) mass is 401 g/mol. The van der Waals surface area contributed by atoms with Crippen molar-refractivity contribution in [1.29, 1.82) is 5.26 Å². The molecule has 0 heterocycles. The van der Waals surface area contributed by atoms with E-state index in [1.165, 1.54) is 0 Å². The Morgan fingerprint density at radius 3 is 2.27 bits per heavy atom. The maximum atomic E-state index is 12.7. The van der Waals surface area contributed by atoms with Crippen LogP contribution in [0.25, 0.3) is 0 Å². The summed E-state index contributed by atoms with van der Waals surface area (Å²) < 4.78 is 5.76. The van der Waals surface area contributed by atoms with Gasteiger partial charge in [-0.1, -0.05) is 25.1 Å². The SMILES string of the molecule is CCCN(Cc1ccccc1O)C(=O)Nc1ccc(Oc2ccc(C#N)cc2)cc1. The van der Waals surface area contributed by atoms with Gasteiger partial charge in [0.05, 0.1) is 18.2 Å². The molecule has 152 valence electrons. The predicted molar refractivity (Wildman–Crippen MR) is 115 cm³/mol. The molecule has 3 aromatic rings. The number of urea groups is 1. The minimum atomic E-state index is -0.235. The van der Waals surface area contributed by atoms with E-state index in [1.807, 2.05) is 13.0 Å². The molecule has 3 rings (SSSR count). The number of phenols is 1. The number of phenolic OH excluding ortho intramolecular Hbond substituents is 1. The highest BCUT2D eigenvalue weighted by Gasteiger charge is 2.15. The zero-order chi connectivity index (χ0) is 21.3. The molecule has 2 N–H and O–H groups in total. The largest absolute Gasteiger partial charge is 0.508 e. The first-order valence-corrected chi connectivity index (χ1v) is 9.70. The summed E-state index contributed by atoms with van der Waals surface area (Å²) in [6, 6.07) is 22.7. The van der Waals surface area contributed by atoms with Crippen molar-refractivity contribution < 1.29 is 14.6 Å². The number of carbonyl (C=O) groups is 1. The van der Waals surface area contributed by atoms with E-state index in [4.69, 9.17) is 10.00 Å². The van der Waals surface area contributed by atoms with Gasteiger partial charge in [-0.2, -0.15) is 5.26 Å². The number of hydrogen-bond acceptors (Lipinski definition) is 4. The van der Waals surface area contributed by atoms with E-state index in [-0.39, 0.29) is 11.8 Å². The van der Waals surface area contributed by atoms with Crippen LogP contribution in [-0.2, 0) is 6.54 Å². The average molecular weight is 401 g/mol. The molecule has 0 aromatic heterocycles. The maximum absolute atomic E-state index is 12.7. The number of para-hydroxylation sites is 1. The Kier molecular flexibility index (Phi) is 6.91. The Labute approximate surface area is 176 Å². The van der Waals surface area contributed by atoms with E-state index >= 15 is 0 Å². The number of nitrogens with zero attached hydrogens (tertiary/aromatic N) is 2. The Hall–Kier alpha value is -3.98. The summed E-state index contributed by atoms with van der Waals surface area (Å²) in [4.78, 5) is 14.4. The minimum absolute atomic E-state index is 0.177. The van der Waals surface area contributed by atoms with Crippen molar-refractivity contribution in [3.05, 3.63) is 83.9 Å². The topological polar surface area (TPSA) is 85.6 Å². The van der Waals surface area contributed by atoms with E-state index in [0.29, 0.717) is 41.4 Å². The Balaban J connectivity index is 1.63. The Morgan fingerprint density at radius 2 is 1.67 bits per heavy atom. The lowest BCUT2D eigenvalue weighted by Gasteiger charge is -2.23. The summed E-state index contributed by atoms with van der Waals surface area (Å²) in [6.07, 6.45) is 0.804. The first-order valence-electron chi connectivity index (χ1n) is 9.70. The molecule has 0 atom stereocenters. The van der Waals surface area contributed by atoms with Crippen molar-refractivity contribution in [2.45, 2.75) is 19.9 Å². The van der Waals surface area contributed by atoms with Crippen molar-refractivity contribution in [2.24, 2.45) is 0 Å².